The van der Waals surface area contributed by atoms with Gasteiger partial charge in [-0.3, -0.25) is 33.6 Å². The van der Waals surface area contributed by atoms with Gasteiger partial charge < -0.3 is 29.2 Å². The van der Waals surface area contributed by atoms with Crippen molar-refractivity contribution in [3.63, 3.8) is 0 Å². The largest absolute Gasteiger partial charge is 0.493 e. The second-order valence-electron chi connectivity index (χ2n) is 18.4. The molecule has 4 aliphatic heterocycles. The number of hydrogen-bond acceptors (Lipinski definition) is 13. The number of rotatable bonds is 14. The first-order valence-corrected chi connectivity index (χ1v) is 26.6. The van der Waals surface area contributed by atoms with Gasteiger partial charge in [-0.25, -0.2) is 0 Å². The lowest BCUT2D eigenvalue weighted by atomic mass is 10.1. The molecule has 0 radical (unpaired) electrons. The van der Waals surface area contributed by atoms with E-state index in [1.54, 1.807) is 44.6 Å². The highest BCUT2D eigenvalue weighted by molar-refractivity contribution is 7.85. The molecule has 0 fully saturated rings. The van der Waals surface area contributed by atoms with E-state index in [1.165, 1.54) is 5.56 Å². The molecular weight excluding hydrogens is 985 g/mol. The first-order valence-electron chi connectivity index (χ1n) is 24.8. The molecule has 0 aromatic heterocycles. The molecule has 2 N–H and O–H groups in total. The number of hydrogen-bond donors (Lipinski definition) is 2. The fraction of sp³-hybridized carbons (Fsp3) is 0.233. The standard InChI is InChI=1S/C42H34N4O6.C10H14O3S.C8H10O2/c1-49-37-17-31-33(43-21-29-15-27-10-3-5-12-35(27)45(29)41(31)47)19-39(37)51-23-25-8-7-9-26(14-25)24-52-40-20-34-32(18-38(40)50-2)42(48)46-30(22-44-34)16-28-11-4-6-13-36(28)46;1-3-9-5-4-6-10(7-9)8-13-14(2,11)12;9-5-7-2-1-3-8(4-7)6-10/h3-14,17-22,29-30H,15-16,23-24H2,1-2H3;4-7H,3,8H2,1-2H3;1-4,9-10H,5-6H2/t29-,30-;;/m0../s1. The number of fused-ring (bicyclic) bond motifs is 8. The van der Waals surface area contributed by atoms with E-state index in [4.69, 9.17) is 39.1 Å². The van der Waals surface area contributed by atoms with E-state index in [2.05, 4.69) is 23.2 Å². The number of methoxy groups -OCH3 is 2. The number of anilines is 2. The molecule has 7 aromatic rings. The van der Waals surface area contributed by atoms with Crippen LogP contribution in [-0.4, -0.2) is 75.4 Å². The number of aliphatic hydroxyl groups is 2. The summed E-state index contributed by atoms with van der Waals surface area (Å²) in [4.78, 5) is 40.6. The topological polar surface area (TPSA) is 186 Å². The number of nitrogens with zero attached hydrogens (tertiary/aromatic N) is 4. The first kappa shape index (κ1) is 52.7. The van der Waals surface area contributed by atoms with Crippen LogP contribution in [0.4, 0.5) is 22.7 Å². The number of carbonyl (C=O) groups is 2. The second-order valence-corrected chi connectivity index (χ2v) is 20.1. The summed E-state index contributed by atoms with van der Waals surface area (Å²) in [5.74, 6) is 1.65. The number of amides is 2. The van der Waals surface area contributed by atoms with Crippen LogP contribution in [0.2, 0.25) is 0 Å². The molecule has 16 heteroatoms. The Bertz CT molecular complexity index is 3270. The van der Waals surface area contributed by atoms with Crippen molar-refractivity contribution in [2.45, 2.75) is 71.3 Å². The summed E-state index contributed by atoms with van der Waals surface area (Å²) in [5.41, 5.74) is 11.7. The third-order valence-corrected chi connectivity index (χ3v) is 13.8. The zero-order valence-electron chi connectivity index (χ0n) is 42.6. The van der Waals surface area contributed by atoms with Gasteiger partial charge in [0, 0.05) is 48.8 Å². The van der Waals surface area contributed by atoms with E-state index in [9.17, 15) is 18.0 Å². The molecule has 0 spiro atoms. The molecule has 2 atom stereocenters. The number of carbonyl (C=O) groups excluding carboxylic acids is 2. The molecule has 7 aromatic carbocycles. The van der Waals surface area contributed by atoms with Crippen LogP contribution in [0, 0.1) is 0 Å². The average molecular weight is 1040 g/mol. The fourth-order valence-electron chi connectivity index (χ4n) is 9.45. The Morgan fingerprint density at radius 2 is 0.934 bits per heavy atom. The molecule has 4 heterocycles. The average Bonchev–Trinajstić information content (AvgIpc) is 3.95. The smallest absolute Gasteiger partial charge is 0.264 e. The van der Waals surface area contributed by atoms with Crippen LogP contribution in [0.15, 0.2) is 156 Å². The predicted molar refractivity (Wildman–Crippen MR) is 293 cm³/mol. The van der Waals surface area contributed by atoms with Crippen molar-refractivity contribution in [3.05, 3.63) is 201 Å². The summed E-state index contributed by atoms with van der Waals surface area (Å²) < 4.78 is 50.0. The monoisotopic (exact) mass is 1040 g/mol. The van der Waals surface area contributed by atoms with Crippen molar-refractivity contribution in [3.8, 4) is 23.0 Å². The van der Waals surface area contributed by atoms with Gasteiger partial charge in [0.05, 0.1) is 74.9 Å². The normalized spacial score (nSPS) is 15.5. The second kappa shape index (κ2) is 23.6. The van der Waals surface area contributed by atoms with Crippen LogP contribution in [0.5, 0.6) is 23.0 Å². The van der Waals surface area contributed by atoms with Crippen LogP contribution in [0.1, 0.15) is 72.1 Å². The first-order chi connectivity index (χ1) is 36.9. The molecule has 0 saturated heterocycles. The summed E-state index contributed by atoms with van der Waals surface area (Å²) in [6.45, 7) is 2.75. The van der Waals surface area contributed by atoms with Crippen molar-refractivity contribution < 1.29 is 51.4 Å². The summed E-state index contributed by atoms with van der Waals surface area (Å²) in [6, 6.07) is 45.4. The van der Waals surface area contributed by atoms with Crippen molar-refractivity contribution in [1.29, 1.82) is 0 Å². The number of aliphatic hydroxyl groups excluding tert-OH is 2. The number of para-hydroxylation sites is 2. The minimum absolute atomic E-state index is 0.0356. The van der Waals surface area contributed by atoms with Crippen LogP contribution < -0.4 is 28.7 Å². The lowest BCUT2D eigenvalue weighted by Crippen LogP contribution is -2.37. The van der Waals surface area contributed by atoms with Gasteiger partial charge in [0.25, 0.3) is 21.9 Å². The van der Waals surface area contributed by atoms with Crippen LogP contribution >= 0.6 is 0 Å². The Hall–Kier alpha value is -8.15. The van der Waals surface area contributed by atoms with E-state index in [-0.39, 0.29) is 56.9 Å². The Labute approximate surface area is 442 Å². The SMILES string of the molecule is CCc1cccc(COS(C)(=O)=O)c1.COc1cc2c(cc1OCc1cccc(COc3cc4c(cc3OC)C(=O)N3c5ccccc5C[C@H]3C=N4)c1)N=C[C@@H]1Cc3ccccc3N1C2=O.OCc1cccc(CO)c1. The summed E-state index contributed by atoms with van der Waals surface area (Å²) in [6.07, 6.45) is 7.12. The zero-order valence-corrected chi connectivity index (χ0v) is 43.4. The van der Waals surface area contributed by atoms with Crippen LogP contribution in [0.25, 0.3) is 0 Å². The number of aryl methyl sites for hydroxylation is 1. The summed E-state index contributed by atoms with van der Waals surface area (Å²) >= 11 is 0. The molecule has 15 nitrogen and oxygen atoms in total. The number of aliphatic imine (C=N–C) groups is 2. The molecule has 76 heavy (non-hydrogen) atoms. The minimum atomic E-state index is -3.34. The van der Waals surface area contributed by atoms with Gasteiger partial charge in [-0.15, -0.1) is 0 Å². The lowest BCUT2D eigenvalue weighted by molar-refractivity contribution is 0.0978. The maximum Gasteiger partial charge on any atom is 0.264 e. The Balaban J connectivity index is 0.000000242. The van der Waals surface area contributed by atoms with Gasteiger partial charge in [0.2, 0.25) is 0 Å². The molecule has 0 saturated carbocycles. The Morgan fingerprint density at radius 3 is 1.37 bits per heavy atom. The summed E-state index contributed by atoms with van der Waals surface area (Å²) in [5, 5.41) is 17.4. The van der Waals surface area contributed by atoms with Gasteiger partial charge in [0.15, 0.2) is 23.0 Å². The maximum atomic E-state index is 13.8. The van der Waals surface area contributed by atoms with Crippen molar-refractivity contribution >= 4 is 57.1 Å². The van der Waals surface area contributed by atoms with Gasteiger partial charge in [-0.2, -0.15) is 8.42 Å². The quantitative estimate of drug-likeness (QED) is 0.0988. The Morgan fingerprint density at radius 1 is 0.526 bits per heavy atom. The van der Waals surface area contributed by atoms with Crippen LogP contribution in [-0.2, 0) is 66.6 Å². The summed E-state index contributed by atoms with van der Waals surface area (Å²) in [7, 11) is -0.220. The number of benzene rings is 7. The molecule has 0 aliphatic carbocycles. The van der Waals surface area contributed by atoms with Gasteiger partial charge in [-0.1, -0.05) is 110 Å². The maximum absolute atomic E-state index is 13.8. The van der Waals surface area contributed by atoms with E-state index in [1.807, 2.05) is 125 Å². The van der Waals surface area contributed by atoms with Crippen molar-refractivity contribution in [2.75, 3.05) is 30.3 Å². The van der Waals surface area contributed by atoms with Crippen molar-refractivity contribution in [2.24, 2.45) is 9.98 Å². The van der Waals surface area contributed by atoms with E-state index in [0.717, 1.165) is 75.8 Å². The third kappa shape index (κ3) is 12.0. The molecule has 0 unspecified atom stereocenters. The molecule has 2 amide bonds. The Kier molecular flexibility index (Phi) is 16.4. The van der Waals surface area contributed by atoms with E-state index >= 15 is 0 Å². The van der Waals surface area contributed by atoms with Crippen LogP contribution in [0.3, 0.4) is 0 Å². The highest BCUT2D eigenvalue weighted by Gasteiger charge is 2.38. The zero-order chi connectivity index (χ0) is 53.3. The van der Waals surface area contributed by atoms with Gasteiger partial charge in [0.1, 0.15) is 13.2 Å². The predicted octanol–water partition coefficient (Wildman–Crippen LogP) is 9.83. The molecule has 0 bridgehead atoms. The molecule has 4 aliphatic rings. The fourth-order valence-corrected chi connectivity index (χ4v) is 9.80. The van der Waals surface area contributed by atoms with Gasteiger partial charge >= 0.3 is 0 Å². The molecule has 390 valence electrons. The minimum Gasteiger partial charge on any atom is -0.493 e. The van der Waals surface area contributed by atoms with E-state index < -0.39 is 10.1 Å². The molecular formula is C60H58N4O11S. The van der Waals surface area contributed by atoms with E-state index in [0.29, 0.717) is 45.5 Å². The van der Waals surface area contributed by atoms with Crippen molar-refractivity contribution in [1.82, 2.24) is 0 Å². The highest BCUT2D eigenvalue weighted by Crippen LogP contribution is 2.43. The van der Waals surface area contributed by atoms with Gasteiger partial charge in [-0.05, 0) is 81.3 Å². The highest BCUT2D eigenvalue weighted by atomic mass is 32.2. The number of ether oxygens (including phenoxy) is 4. The third-order valence-electron chi connectivity index (χ3n) is 13.2. The molecule has 11 rings (SSSR count). The lowest BCUT2D eigenvalue weighted by Gasteiger charge is -2.22.